The lowest BCUT2D eigenvalue weighted by molar-refractivity contribution is -0.139. The molecule has 0 bridgehead atoms. The molecule has 2 aliphatic heterocycles. The van der Waals surface area contributed by atoms with E-state index in [1.54, 1.807) is 18.1 Å². The Kier molecular flexibility index (Phi) is 9.40. The van der Waals surface area contributed by atoms with E-state index < -0.39 is 6.04 Å². The minimum Gasteiger partial charge on any atom is -0.497 e. The third-order valence-electron chi connectivity index (χ3n) is 8.51. The second kappa shape index (κ2) is 13.4. The number of methoxy groups -OCH3 is 1. The van der Waals surface area contributed by atoms with Gasteiger partial charge in [0.15, 0.2) is 0 Å². The first-order valence-corrected chi connectivity index (χ1v) is 14.9. The van der Waals surface area contributed by atoms with E-state index >= 15 is 0 Å². The zero-order valence-corrected chi connectivity index (χ0v) is 25.7. The van der Waals surface area contributed by atoms with Crippen LogP contribution in [0.25, 0.3) is 11.0 Å². The summed E-state index contributed by atoms with van der Waals surface area (Å²) in [5.41, 5.74) is 5.06. The van der Waals surface area contributed by atoms with E-state index in [9.17, 15) is 9.59 Å². The van der Waals surface area contributed by atoms with Crippen LogP contribution in [0.15, 0.2) is 55.0 Å². The van der Waals surface area contributed by atoms with Gasteiger partial charge >= 0.3 is 0 Å². The molecule has 2 saturated heterocycles. The highest BCUT2D eigenvalue weighted by Gasteiger charge is 2.42. The number of rotatable bonds is 7. The molecule has 2 N–H and O–H groups in total. The normalized spacial score (nSPS) is 21.5. The van der Waals surface area contributed by atoms with Crippen LogP contribution in [0.5, 0.6) is 5.75 Å². The van der Waals surface area contributed by atoms with Crippen molar-refractivity contribution in [2.75, 3.05) is 20.2 Å². The lowest BCUT2D eigenvalue weighted by Gasteiger charge is -2.27. The summed E-state index contributed by atoms with van der Waals surface area (Å²) in [6.45, 7) is 5.97. The van der Waals surface area contributed by atoms with Crippen molar-refractivity contribution in [2.24, 2.45) is 25.9 Å². The minimum absolute atomic E-state index is 0.0395. The summed E-state index contributed by atoms with van der Waals surface area (Å²) in [6, 6.07) is 13.2. The number of likely N-dealkylation sites (tertiary alicyclic amines) is 1. The molecule has 0 spiro atoms. The fourth-order valence-corrected chi connectivity index (χ4v) is 5.89. The van der Waals surface area contributed by atoms with Crippen molar-refractivity contribution in [2.45, 2.75) is 51.7 Å². The van der Waals surface area contributed by atoms with Gasteiger partial charge in [0.2, 0.25) is 11.8 Å². The first-order chi connectivity index (χ1) is 20.7. The van der Waals surface area contributed by atoms with Gasteiger partial charge in [-0.2, -0.15) is 0 Å². The van der Waals surface area contributed by atoms with Crippen LogP contribution in [0.1, 0.15) is 36.6 Å². The molecule has 2 aromatic heterocycles. The van der Waals surface area contributed by atoms with E-state index in [-0.39, 0.29) is 23.8 Å². The highest BCUT2D eigenvalue weighted by atomic mass is 16.5. The maximum absolute atomic E-state index is 13.5. The molecule has 11 heteroatoms. The molecule has 1 unspecified atom stereocenters. The lowest BCUT2D eigenvalue weighted by atomic mass is 9.96. The van der Waals surface area contributed by atoms with E-state index in [4.69, 9.17) is 4.74 Å². The van der Waals surface area contributed by atoms with Gasteiger partial charge in [-0.05, 0) is 80.0 Å². The van der Waals surface area contributed by atoms with Crippen LogP contribution in [0.3, 0.4) is 0 Å². The van der Waals surface area contributed by atoms with E-state index in [1.807, 2.05) is 67.0 Å². The first-order valence-electron chi connectivity index (χ1n) is 14.9. The number of benzene rings is 2. The summed E-state index contributed by atoms with van der Waals surface area (Å²) in [5.74, 6) is 1.43. The Morgan fingerprint density at radius 3 is 2.49 bits per heavy atom. The quantitative estimate of drug-likeness (QED) is 0.342. The molecule has 2 aromatic carbocycles. The van der Waals surface area contributed by atoms with Gasteiger partial charge in [0.1, 0.15) is 17.3 Å². The zero-order valence-electron chi connectivity index (χ0n) is 25.7. The lowest BCUT2D eigenvalue weighted by Crippen LogP contribution is -2.51. The predicted molar refractivity (Wildman–Crippen MR) is 164 cm³/mol. The molecule has 2 amide bonds. The number of nitrogens with one attached hydrogen (secondary N) is 2. The molecule has 4 heterocycles. The Bertz CT molecular complexity index is 1530. The maximum atomic E-state index is 13.5. The van der Waals surface area contributed by atoms with Gasteiger partial charge in [-0.1, -0.05) is 30.3 Å². The van der Waals surface area contributed by atoms with Crippen molar-refractivity contribution in [3.8, 4) is 5.75 Å². The largest absolute Gasteiger partial charge is 0.497 e. The summed E-state index contributed by atoms with van der Waals surface area (Å²) < 4.78 is 8.96. The fourth-order valence-electron chi connectivity index (χ4n) is 5.89. The van der Waals surface area contributed by atoms with Crippen LogP contribution >= 0.6 is 0 Å². The highest BCUT2D eigenvalue weighted by molar-refractivity contribution is 5.90. The number of amides is 2. The molecule has 43 heavy (non-hydrogen) atoms. The Morgan fingerprint density at radius 1 is 1.09 bits per heavy atom. The number of imidazole rings is 1. The maximum Gasteiger partial charge on any atom is 0.243 e. The Morgan fingerprint density at radius 2 is 1.86 bits per heavy atom. The van der Waals surface area contributed by atoms with Crippen molar-refractivity contribution in [3.63, 3.8) is 0 Å². The van der Waals surface area contributed by atoms with Gasteiger partial charge in [0, 0.05) is 39.1 Å². The van der Waals surface area contributed by atoms with E-state index in [0.29, 0.717) is 25.4 Å². The van der Waals surface area contributed by atoms with E-state index in [2.05, 4.69) is 45.0 Å². The number of aromatic nitrogens is 5. The number of ether oxygens (including phenoxy) is 1. The van der Waals surface area contributed by atoms with E-state index in [1.165, 1.54) is 11.3 Å². The van der Waals surface area contributed by atoms with Gasteiger partial charge in [0.25, 0.3) is 0 Å². The van der Waals surface area contributed by atoms with Gasteiger partial charge in [-0.15, -0.1) is 5.10 Å². The monoisotopic (exact) mass is 586 g/mol. The predicted octanol–water partition coefficient (Wildman–Crippen LogP) is 2.78. The Hall–Kier alpha value is -4.25. The summed E-state index contributed by atoms with van der Waals surface area (Å²) >= 11 is 0. The van der Waals surface area contributed by atoms with Crippen LogP contribution in [-0.2, 0) is 36.6 Å². The van der Waals surface area contributed by atoms with Crippen LogP contribution in [-0.4, -0.2) is 73.5 Å². The van der Waals surface area contributed by atoms with Crippen molar-refractivity contribution in [1.29, 1.82) is 0 Å². The average Bonchev–Trinajstić information content (AvgIpc) is 3.81. The molecular formula is C32H42N8O3. The molecule has 0 radical (unpaired) electrons. The smallest absolute Gasteiger partial charge is 0.243 e. The van der Waals surface area contributed by atoms with Crippen LogP contribution in [0, 0.1) is 18.8 Å². The highest BCUT2D eigenvalue weighted by Crippen LogP contribution is 2.29. The summed E-state index contributed by atoms with van der Waals surface area (Å²) in [6.07, 6.45) is 5.89. The van der Waals surface area contributed by atoms with Gasteiger partial charge in [-0.3, -0.25) is 9.59 Å². The first kappa shape index (κ1) is 30.2. The number of aryl methyl sites for hydroxylation is 3. The molecule has 2 aliphatic rings. The molecular weight excluding hydrogens is 544 g/mol. The van der Waals surface area contributed by atoms with Gasteiger partial charge in [-0.25, -0.2) is 9.67 Å². The van der Waals surface area contributed by atoms with Gasteiger partial charge < -0.3 is 24.8 Å². The molecule has 228 valence electrons. The zero-order chi connectivity index (χ0) is 30.5. The van der Waals surface area contributed by atoms with Crippen LogP contribution < -0.4 is 15.4 Å². The standard InChI is InChI=1S/C27H34N6O3.C5H8N2/c1-17-10-23(28-14-17)27(35)33-16-20(11-18-4-7-21(36-3)8-5-18)13-25(33)26(34)29-15-19-6-9-24-22(12-19)30-31-32(24)2;1-5-3-6-4-7(5)2/h4-9,12,17,20,23,25,28H,10-11,13-16H2,1-3H3,(H,29,34);3-4H,1-2H3/t17?,20-,23-,25+;/m1./s1. The summed E-state index contributed by atoms with van der Waals surface area (Å²) in [5, 5.41) is 14.6. The third kappa shape index (κ3) is 7.22. The summed E-state index contributed by atoms with van der Waals surface area (Å²) in [7, 11) is 5.48. The molecule has 2 fully saturated rings. The van der Waals surface area contributed by atoms with Crippen molar-refractivity contribution >= 4 is 22.8 Å². The Labute approximate surface area is 252 Å². The van der Waals surface area contributed by atoms with E-state index in [0.717, 1.165) is 41.7 Å². The van der Waals surface area contributed by atoms with Crippen molar-refractivity contribution < 1.29 is 14.3 Å². The molecule has 6 rings (SSSR count). The van der Waals surface area contributed by atoms with Gasteiger partial charge in [0.05, 0.1) is 25.0 Å². The minimum atomic E-state index is -0.473. The number of carbonyl (C=O) groups is 2. The number of carbonyl (C=O) groups excluding carboxylic acids is 2. The number of hydrogen-bond donors (Lipinski definition) is 2. The number of fused-ring (bicyclic) bond motifs is 1. The third-order valence-corrected chi connectivity index (χ3v) is 8.51. The molecule has 11 nitrogen and oxygen atoms in total. The average molecular weight is 587 g/mol. The molecule has 4 aromatic rings. The van der Waals surface area contributed by atoms with Crippen molar-refractivity contribution in [1.82, 2.24) is 40.1 Å². The second-order valence-electron chi connectivity index (χ2n) is 11.9. The second-order valence-corrected chi connectivity index (χ2v) is 11.9. The van der Waals surface area contributed by atoms with Crippen LogP contribution in [0.2, 0.25) is 0 Å². The number of nitrogens with zero attached hydrogens (tertiary/aromatic N) is 6. The SMILES string of the molecule is COc1ccc(C[C@@H]2C[C@@H](C(=O)NCc3ccc4c(c3)nnn4C)N(C(=O)[C@H]3CC(C)CN3)C2)cc1.Cc1cncn1C. The van der Waals surface area contributed by atoms with Crippen molar-refractivity contribution in [3.05, 3.63) is 71.8 Å². The summed E-state index contributed by atoms with van der Waals surface area (Å²) in [4.78, 5) is 32.5. The Balaban J connectivity index is 0.000000463. The topological polar surface area (TPSA) is 119 Å². The molecule has 0 saturated carbocycles. The number of hydrogen-bond acceptors (Lipinski definition) is 7. The molecule has 0 aliphatic carbocycles. The van der Waals surface area contributed by atoms with Crippen LogP contribution in [0.4, 0.5) is 0 Å². The molecule has 4 atom stereocenters. The fraction of sp³-hybridized carbons (Fsp3) is 0.469.